The normalized spacial score (nSPS) is 30.8. The summed E-state index contributed by atoms with van der Waals surface area (Å²) in [5, 5.41) is 4.76. The van der Waals surface area contributed by atoms with Crippen LogP contribution in [0.3, 0.4) is 0 Å². The number of hydrogen-bond donors (Lipinski definition) is 2. The van der Waals surface area contributed by atoms with Gasteiger partial charge in [0.15, 0.2) is 0 Å². The fraction of sp³-hybridized carbons (Fsp3) is 0.538. The second-order valence-corrected chi connectivity index (χ2v) is 6.10. The summed E-state index contributed by atoms with van der Waals surface area (Å²) in [5.41, 5.74) is 7.16. The van der Waals surface area contributed by atoms with Crippen molar-refractivity contribution in [1.82, 2.24) is 0 Å². The Hall–Kier alpha value is -0.600. The van der Waals surface area contributed by atoms with E-state index in [1.54, 1.807) is 12.1 Å². The lowest BCUT2D eigenvalue weighted by Gasteiger charge is -2.25. The van der Waals surface area contributed by atoms with Gasteiger partial charge in [-0.1, -0.05) is 29.6 Å². The van der Waals surface area contributed by atoms with Crippen LogP contribution in [-0.4, -0.2) is 6.04 Å². The maximum Gasteiger partial charge on any atom is 0.0722 e. The van der Waals surface area contributed by atoms with Crippen LogP contribution < -0.4 is 11.1 Å². The van der Waals surface area contributed by atoms with Gasteiger partial charge in [-0.2, -0.15) is 0 Å². The highest BCUT2D eigenvalue weighted by atomic mass is 35.5. The average Bonchev–Trinajstić information content (AvgIpc) is 2.84. The summed E-state index contributed by atoms with van der Waals surface area (Å²) in [6.45, 7) is 0. The lowest BCUT2D eigenvalue weighted by atomic mass is 9.95. The fourth-order valence-corrected chi connectivity index (χ4v) is 3.95. The molecule has 1 aromatic carbocycles. The first-order valence-electron chi connectivity index (χ1n) is 6.14. The Labute approximate surface area is 111 Å². The molecule has 2 aliphatic rings. The van der Waals surface area contributed by atoms with Crippen LogP contribution in [0.15, 0.2) is 12.1 Å². The SMILES string of the molecule is Nc1cc(Cl)c(NC2CC3CCC2C3)c(Cl)c1. The molecule has 0 radical (unpaired) electrons. The van der Waals surface area contributed by atoms with E-state index in [1.165, 1.54) is 25.7 Å². The minimum absolute atomic E-state index is 0.535. The fourth-order valence-electron chi connectivity index (χ4n) is 3.34. The van der Waals surface area contributed by atoms with E-state index in [9.17, 15) is 0 Å². The predicted molar refractivity (Wildman–Crippen MR) is 73.7 cm³/mol. The molecule has 3 N–H and O–H groups in total. The first-order chi connectivity index (χ1) is 8.13. The zero-order chi connectivity index (χ0) is 12.0. The Morgan fingerprint density at radius 1 is 1.12 bits per heavy atom. The molecule has 17 heavy (non-hydrogen) atoms. The number of nitrogens with one attached hydrogen (secondary N) is 1. The van der Waals surface area contributed by atoms with Gasteiger partial charge < -0.3 is 11.1 Å². The number of benzene rings is 1. The second-order valence-electron chi connectivity index (χ2n) is 5.29. The van der Waals surface area contributed by atoms with Crippen molar-refractivity contribution >= 4 is 34.6 Å². The summed E-state index contributed by atoms with van der Waals surface area (Å²) < 4.78 is 0. The molecule has 3 unspecified atom stereocenters. The molecular weight excluding hydrogens is 255 g/mol. The van der Waals surface area contributed by atoms with E-state index >= 15 is 0 Å². The van der Waals surface area contributed by atoms with Gasteiger partial charge in [-0.05, 0) is 43.2 Å². The summed E-state index contributed by atoms with van der Waals surface area (Å²) >= 11 is 12.4. The first kappa shape index (κ1) is 11.5. The number of anilines is 2. The minimum Gasteiger partial charge on any atom is -0.399 e. The molecule has 0 heterocycles. The Morgan fingerprint density at radius 2 is 1.82 bits per heavy atom. The maximum absolute atomic E-state index is 6.19. The van der Waals surface area contributed by atoms with Crippen LogP contribution in [0.5, 0.6) is 0 Å². The molecule has 0 spiro atoms. The molecule has 0 amide bonds. The molecule has 2 aliphatic carbocycles. The zero-order valence-corrected chi connectivity index (χ0v) is 11.1. The van der Waals surface area contributed by atoms with Gasteiger partial charge >= 0.3 is 0 Å². The molecule has 3 atom stereocenters. The third-order valence-corrected chi connectivity index (χ3v) is 4.73. The molecule has 3 rings (SSSR count). The zero-order valence-electron chi connectivity index (χ0n) is 9.55. The van der Waals surface area contributed by atoms with Crippen molar-refractivity contribution in [3.8, 4) is 0 Å². The summed E-state index contributed by atoms with van der Waals surface area (Å²) in [6, 6.07) is 4.04. The molecule has 0 aromatic heterocycles. The molecule has 0 saturated heterocycles. The van der Waals surface area contributed by atoms with Crippen molar-refractivity contribution in [3.63, 3.8) is 0 Å². The summed E-state index contributed by atoms with van der Waals surface area (Å²) in [6.07, 6.45) is 5.35. The van der Waals surface area contributed by atoms with Crippen molar-refractivity contribution in [2.24, 2.45) is 11.8 Å². The highest BCUT2D eigenvalue weighted by Crippen LogP contribution is 2.46. The lowest BCUT2D eigenvalue weighted by Crippen LogP contribution is -2.26. The van der Waals surface area contributed by atoms with Crippen molar-refractivity contribution in [3.05, 3.63) is 22.2 Å². The van der Waals surface area contributed by atoms with Crippen molar-refractivity contribution < 1.29 is 0 Å². The standard InChI is InChI=1S/C13H16Cl2N2/c14-10-5-9(16)6-11(15)13(10)17-12-4-7-1-2-8(12)3-7/h5-8,12,17H,1-4,16H2. The Balaban J connectivity index is 1.81. The topological polar surface area (TPSA) is 38.0 Å². The Bertz CT molecular complexity index is 424. The molecule has 0 aliphatic heterocycles. The number of nitrogen functional groups attached to an aromatic ring is 1. The summed E-state index contributed by atoms with van der Waals surface area (Å²) in [7, 11) is 0. The minimum atomic E-state index is 0.535. The highest BCUT2D eigenvalue weighted by Gasteiger charge is 2.39. The summed E-state index contributed by atoms with van der Waals surface area (Å²) in [4.78, 5) is 0. The van der Waals surface area contributed by atoms with Crippen LogP contribution in [0.1, 0.15) is 25.7 Å². The van der Waals surface area contributed by atoms with Crippen LogP contribution >= 0.6 is 23.2 Å². The van der Waals surface area contributed by atoms with Gasteiger partial charge in [-0.15, -0.1) is 0 Å². The van der Waals surface area contributed by atoms with Crippen molar-refractivity contribution in [1.29, 1.82) is 0 Å². The number of rotatable bonds is 2. The Morgan fingerprint density at radius 3 is 2.35 bits per heavy atom. The van der Waals surface area contributed by atoms with E-state index in [0.717, 1.165) is 17.5 Å². The summed E-state index contributed by atoms with van der Waals surface area (Å²) in [5.74, 6) is 1.70. The van der Waals surface area contributed by atoms with Gasteiger partial charge in [-0.3, -0.25) is 0 Å². The molecule has 92 valence electrons. The molecular formula is C13H16Cl2N2. The third-order valence-electron chi connectivity index (χ3n) is 4.13. The number of fused-ring (bicyclic) bond motifs is 2. The van der Waals surface area contributed by atoms with Gasteiger partial charge in [0.2, 0.25) is 0 Å². The molecule has 4 heteroatoms. The average molecular weight is 271 g/mol. The van der Waals surface area contributed by atoms with Crippen molar-refractivity contribution in [2.45, 2.75) is 31.7 Å². The maximum atomic E-state index is 6.19. The molecule has 2 saturated carbocycles. The second kappa shape index (κ2) is 4.25. The molecule has 2 fully saturated rings. The van der Waals surface area contributed by atoms with Crippen LogP contribution in [-0.2, 0) is 0 Å². The van der Waals surface area contributed by atoms with E-state index in [0.29, 0.717) is 21.8 Å². The predicted octanol–water partition coefficient (Wildman–Crippen LogP) is 4.18. The van der Waals surface area contributed by atoms with Gasteiger partial charge in [0.05, 0.1) is 15.7 Å². The van der Waals surface area contributed by atoms with Crippen molar-refractivity contribution in [2.75, 3.05) is 11.1 Å². The molecule has 2 bridgehead atoms. The Kier molecular flexibility index (Phi) is 2.87. The van der Waals surface area contributed by atoms with Gasteiger partial charge in [0.25, 0.3) is 0 Å². The molecule has 2 nitrogen and oxygen atoms in total. The number of hydrogen-bond acceptors (Lipinski definition) is 2. The highest BCUT2D eigenvalue weighted by molar-refractivity contribution is 6.39. The monoisotopic (exact) mass is 270 g/mol. The van der Waals surface area contributed by atoms with E-state index in [-0.39, 0.29) is 0 Å². The smallest absolute Gasteiger partial charge is 0.0722 e. The molecule has 1 aromatic rings. The van der Waals surface area contributed by atoms with Gasteiger partial charge in [0, 0.05) is 11.7 Å². The van der Waals surface area contributed by atoms with E-state index in [1.807, 2.05) is 0 Å². The van der Waals surface area contributed by atoms with Gasteiger partial charge in [-0.25, -0.2) is 0 Å². The van der Waals surface area contributed by atoms with Gasteiger partial charge in [0.1, 0.15) is 0 Å². The lowest BCUT2D eigenvalue weighted by molar-refractivity contribution is 0.440. The third kappa shape index (κ3) is 2.09. The van der Waals surface area contributed by atoms with E-state index < -0.39 is 0 Å². The largest absolute Gasteiger partial charge is 0.399 e. The van der Waals surface area contributed by atoms with E-state index in [4.69, 9.17) is 28.9 Å². The number of nitrogens with two attached hydrogens (primary N) is 1. The first-order valence-corrected chi connectivity index (χ1v) is 6.90. The van der Waals surface area contributed by atoms with Crippen LogP contribution in [0.25, 0.3) is 0 Å². The van der Waals surface area contributed by atoms with E-state index in [2.05, 4.69) is 5.32 Å². The quantitative estimate of drug-likeness (QED) is 0.792. The van der Waals surface area contributed by atoms with Crippen LogP contribution in [0.2, 0.25) is 10.0 Å². The number of halogens is 2. The van der Waals surface area contributed by atoms with Crippen LogP contribution in [0.4, 0.5) is 11.4 Å². The van der Waals surface area contributed by atoms with Crippen LogP contribution in [0, 0.1) is 11.8 Å².